The Balaban J connectivity index is 4.27. The number of rotatable bonds is 7. The molecule has 16 heavy (non-hydrogen) atoms. The normalized spacial score (nSPS) is 11.2. The summed E-state index contributed by atoms with van der Waals surface area (Å²) in [6, 6.07) is 0. The van der Waals surface area contributed by atoms with Crippen molar-refractivity contribution in [3.63, 3.8) is 0 Å². The van der Waals surface area contributed by atoms with Gasteiger partial charge in [0.1, 0.15) is 5.54 Å². The molecule has 0 aromatic carbocycles. The second kappa shape index (κ2) is 7.26. The Labute approximate surface area is 98.0 Å². The smallest absolute Gasteiger partial charge is 0.235 e. The summed E-state index contributed by atoms with van der Waals surface area (Å²) < 4.78 is 0. The predicted octanol–water partition coefficient (Wildman–Crippen LogP) is 0.219. The highest BCUT2D eigenvalue weighted by Gasteiger charge is 2.25. The van der Waals surface area contributed by atoms with Crippen molar-refractivity contribution in [1.29, 1.82) is 0 Å². The zero-order chi connectivity index (χ0) is 12.6. The molecule has 0 heterocycles. The van der Waals surface area contributed by atoms with Gasteiger partial charge in [-0.1, -0.05) is 19.8 Å². The van der Waals surface area contributed by atoms with E-state index in [-0.39, 0.29) is 19.1 Å². The zero-order valence-electron chi connectivity index (χ0n) is 10.4. The second-order valence-corrected chi connectivity index (χ2v) is 3.94. The Bertz CT molecular complexity index is 254. The van der Waals surface area contributed by atoms with Crippen LogP contribution in [0.3, 0.4) is 0 Å². The third kappa shape index (κ3) is 4.65. The van der Waals surface area contributed by atoms with Crippen molar-refractivity contribution >= 4 is 5.91 Å². The molecule has 0 radical (unpaired) electrons. The van der Waals surface area contributed by atoms with Crippen molar-refractivity contribution in [2.75, 3.05) is 26.7 Å². The lowest BCUT2D eigenvalue weighted by atomic mass is 9.94. The lowest BCUT2D eigenvalue weighted by Gasteiger charge is -2.28. The molecule has 0 atom stereocenters. The molecule has 4 nitrogen and oxygen atoms in total. The molecule has 0 spiro atoms. The van der Waals surface area contributed by atoms with E-state index in [0.717, 1.165) is 12.8 Å². The number of aliphatic hydroxyl groups excluding tert-OH is 1. The summed E-state index contributed by atoms with van der Waals surface area (Å²) in [5.74, 6) is 2.55. The molecule has 0 aromatic heterocycles. The molecule has 0 saturated heterocycles. The van der Waals surface area contributed by atoms with Crippen LogP contribution in [0.2, 0.25) is 0 Å². The molecule has 92 valence electrons. The van der Waals surface area contributed by atoms with Crippen LogP contribution in [0.15, 0.2) is 0 Å². The lowest BCUT2D eigenvalue weighted by molar-refractivity contribution is -0.123. The number of terminal acetylenes is 1. The van der Waals surface area contributed by atoms with Gasteiger partial charge in [-0.15, -0.1) is 6.42 Å². The highest BCUT2D eigenvalue weighted by molar-refractivity contribution is 5.79. The number of amides is 1. The van der Waals surface area contributed by atoms with Crippen LogP contribution in [0.1, 0.15) is 26.7 Å². The van der Waals surface area contributed by atoms with E-state index in [1.807, 2.05) is 13.8 Å². The number of carbonyl (C=O) groups is 1. The number of aliphatic hydroxyl groups is 1. The summed E-state index contributed by atoms with van der Waals surface area (Å²) in [5, 5.41) is 11.6. The van der Waals surface area contributed by atoms with Crippen LogP contribution < -0.4 is 5.32 Å². The van der Waals surface area contributed by atoms with E-state index in [9.17, 15) is 4.79 Å². The third-order valence-corrected chi connectivity index (χ3v) is 2.76. The van der Waals surface area contributed by atoms with Crippen LogP contribution in [0.5, 0.6) is 0 Å². The van der Waals surface area contributed by atoms with Gasteiger partial charge in [-0.25, -0.2) is 0 Å². The van der Waals surface area contributed by atoms with Gasteiger partial charge in [-0.05, 0) is 19.9 Å². The number of nitrogens with one attached hydrogen (secondary N) is 1. The highest BCUT2D eigenvalue weighted by Crippen LogP contribution is 2.13. The number of likely N-dealkylation sites (N-methyl/N-ethyl adjacent to an activating group) is 1. The molecule has 0 aromatic rings. The van der Waals surface area contributed by atoms with Gasteiger partial charge in [0.05, 0.1) is 13.2 Å². The Morgan fingerprint density at radius 2 is 2.06 bits per heavy atom. The molecule has 0 aliphatic rings. The van der Waals surface area contributed by atoms with E-state index in [1.54, 1.807) is 11.9 Å². The maximum absolute atomic E-state index is 11.7. The van der Waals surface area contributed by atoms with E-state index in [4.69, 9.17) is 11.5 Å². The quantitative estimate of drug-likeness (QED) is 0.611. The van der Waals surface area contributed by atoms with Gasteiger partial charge in [-0.2, -0.15) is 0 Å². The minimum absolute atomic E-state index is 0.0472. The van der Waals surface area contributed by atoms with Crippen molar-refractivity contribution in [1.82, 2.24) is 10.2 Å². The Morgan fingerprint density at radius 3 is 2.44 bits per heavy atom. The van der Waals surface area contributed by atoms with E-state index >= 15 is 0 Å². The molecule has 0 aliphatic carbocycles. The summed E-state index contributed by atoms with van der Waals surface area (Å²) in [4.78, 5) is 13.4. The molecule has 0 rings (SSSR count). The lowest BCUT2D eigenvalue weighted by Crippen LogP contribution is -2.49. The Kier molecular flexibility index (Phi) is 6.78. The molecule has 0 aliphatic heterocycles. The molecule has 4 heteroatoms. The number of nitrogens with zero attached hydrogens (tertiary/aromatic N) is 1. The van der Waals surface area contributed by atoms with E-state index in [0.29, 0.717) is 6.54 Å². The van der Waals surface area contributed by atoms with Crippen molar-refractivity contribution in [2.24, 2.45) is 0 Å². The van der Waals surface area contributed by atoms with Crippen LogP contribution in [0.4, 0.5) is 0 Å². The monoisotopic (exact) mass is 226 g/mol. The van der Waals surface area contributed by atoms with Gasteiger partial charge in [0, 0.05) is 6.54 Å². The summed E-state index contributed by atoms with van der Waals surface area (Å²) in [7, 11) is 1.78. The van der Waals surface area contributed by atoms with Gasteiger partial charge < -0.3 is 10.4 Å². The summed E-state index contributed by atoms with van der Waals surface area (Å²) >= 11 is 0. The molecule has 0 fully saturated rings. The topological polar surface area (TPSA) is 52.6 Å². The van der Waals surface area contributed by atoms with Crippen LogP contribution in [0, 0.1) is 12.3 Å². The largest absolute Gasteiger partial charge is 0.395 e. The number of carbonyl (C=O) groups excluding carboxylic acids is 1. The van der Waals surface area contributed by atoms with E-state index < -0.39 is 5.54 Å². The first-order valence-electron chi connectivity index (χ1n) is 5.61. The summed E-state index contributed by atoms with van der Waals surface area (Å²) in [5.41, 5.74) is -0.531. The van der Waals surface area contributed by atoms with Crippen molar-refractivity contribution < 1.29 is 9.90 Å². The molecule has 0 unspecified atom stereocenters. The predicted molar refractivity (Wildman–Crippen MR) is 64.9 cm³/mol. The first-order chi connectivity index (χ1) is 7.53. The van der Waals surface area contributed by atoms with Crippen LogP contribution >= 0.6 is 0 Å². The summed E-state index contributed by atoms with van der Waals surface area (Å²) in [6.07, 6.45) is 6.88. The minimum atomic E-state index is -0.531. The number of hydrogen-bond acceptors (Lipinski definition) is 3. The van der Waals surface area contributed by atoms with Gasteiger partial charge in [0.15, 0.2) is 0 Å². The fourth-order valence-electron chi connectivity index (χ4n) is 1.47. The zero-order valence-corrected chi connectivity index (χ0v) is 10.4. The number of hydrogen-bond donors (Lipinski definition) is 2. The summed E-state index contributed by atoms with van der Waals surface area (Å²) in [6.45, 7) is 4.70. The maximum Gasteiger partial charge on any atom is 0.235 e. The molecule has 0 bridgehead atoms. The van der Waals surface area contributed by atoms with E-state index in [1.165, 1.54) is 0 Å². The standard InChI is InChI=1S/C12H22N2O2/c1-5-12(6-2,7-3)13-11(16)10-14(4)8-9-15/h1,15H,6-10H2,2-4H3,(H,13,16). The first kappa shape index (κ1) is 14.9. The van der Waals surface area contributed by atoms with Crippen LogP contribution in [-0.4, -0.2) is 48.2 Å². The van der Waals surface area contributed by atoms with Gasteiger partial charge in [0.25, 0.3) is 0 Å². The Hall–Kier alpha value is -1.05. The molecular formula is C12H22N2O2. The maximum atomic E-state index is 11.7. The SMILES string of the molecule is C#CC(CC)(CC)NC(=O)CN(C)CCO. The van der Waals surface area contributed by atoms with Crippen LogP contribution in [-0.2, 0) is 4.79 Å². The molecule has 0 saturated carbocycles. The van der Waals surface area contributed by atoms with Crippen LogP contribution in [0.25, 0.3) is 0 Å². The highest BCUT2D eigenvalue weighted by atomic mass is 16.3. The first-order valence-corrected chi connectivity index (χ1v) is 5.61. The molecular weight excluding hydrogens is 204 g/mol. The second-order valence-electron chi connectivity index (χ2n) is 3.94. The van der Waals surface area contributed by atoms with Gasteiger partial charge in [0.2, 0.25) is 5.91 Å². The average Bonchev–Trinajstić information content (AvgIpc) is 2.26. The Morgan fingerprint density at radius 1 is 1.50 bits per heavy atom. The third-order valence-electron chi connectivity index (χ3n) is 2.76. The van der Waals surface area contributed by atoms with E-state index in [2.05, 4.69) is 11.2 Å². The molecule has 1 amide bonds. The van der Waals surface area contributed by atoms with Gasteiger partial charge in [-0.3, -0.25) is 9.69 Å². The minimum Gasteiger partial charge on any atom is -0.395 e. The van der Waals surface area contributed by atoms with Crippen molar-refractivity contribution in [3.05, 3.63) is 0 Å². The van der Waals surface area contributed by atoms with Gasteiger partial charge >= 0.3 is 0 Å². The molecule has 2 N–H and O–H groups in total. The fourth-order valence-corrected chi connectivity index (χ4v) is 1.47. The average molecular weight is 226 g/mol. The van der Waals surface area contributed by atoms with Crippen molar-refractivity contribution in [3.8, 4) is 12.3 Å². The van der Waals surface area contributed by atoms with Crippen molar-refractivity contribution in [2.45, 2.75) is 32.2 Å². The fraction of sp³-hybridized carbons (Fsp3) is 0.750.